The third-order valence-electron chi connectivity index (χ3n) is 4.02. The van der Waals surface area contributed by atoms with Crippen LogP contribution >= 0.6 is 0 Å². The van der Waals surface area contributed by atoms with E-state index in [1.807, 2.05) is 4.90 Å². The zero-order valence-electron chi connectivity index (χ0n) is 9.06. The van der Waals surface area contributed by atoms with Gasteiger partial charge in [-0.25, -0.2) is 0 Å². The summed E-state index contributed by atoms with van der Waals surface area (Å²) in [5, 5.41) is 9.44. The van der Waals surface area contributed by atoms with E-state index in [1.54, 1.807) is 0 Å². The number of rotatable bonds is 3. The number of aliphatic hydroxyl groups is 1. The summed E-state index contributed by atoms with van der Waals surface area (Å²) in [5.74, 6) is 2.03. The third kappa shape index (κ3) is 1.89. The normalized spacial score (nSPS) is 31.3. The molecular formula is C12H19NO2. The molecule has 0 aromatic carbocycles. The van der Waals surface area contributed by atoms with Gasteiger partial charge in [-0.2, -0.15) is 0 Å². The second kappa shape index (κ2) is 3.48. The van der Waals surface area contributed by atoms with Crippen molar-refractivity contribution in [2.45, 2.75) is 38.2 Å². The standard InChI is InChI=1S/C12H19NO2/c14-10-5-6-13(7-10)12(15)11(8-1-2-8)9-3-4-9/h8-11,14H,1-7H2/t10-/m0/s1. The summed E-state index contributed by atoms with van der Waals surface area (Å²) in [6.07, 6.45) is 5.51. The van der Waals surface area contributed by atoms with Gasteiger partial charge in [-0.3, -0.25) is 4.79 Å². The van der Waals surface area contributed by atoms with E-state index in [1.165, 1.54) is 25.7 Å². The van der Waals surface area contributed by atoms with Crippen LogP contribution in [0.1, 0.15) is 32.1 Å². The van der Waals surface area contributed by atoms with Crippen molar-refractivity contribution in [2.24, 2.45) is 17.8 Å². The molecule has 1 aliphatic heterocycles. The average Bonchev–Trinajstić information content (AvgIpc) is 3.10. The number of carbonyl (C=O) groups excluding carboxylic acids is 1. The summed E-state index contributed by atoms with van der Waals surface area (Å²) < 4.78 is 0. The number of carbonyl (C=O) groups is 1. The van der Waals surface area contributed by atoms with Crippen LogP contribution in [0, 0.1) is 17.8 Å². The second-order valence-electron chi connectivity index (χ2n) is 5.43. The minimum Gasteiger partial charge on any atom is -0.391 e. The van der Waals surface area contributed by atoms with Crippen molar-refractivity contribution in [1.82, 2.24) is 4.90 Å². The van der Waals surface area contributed by atoms with Crippen LogP contribution in [0.5, 0.6) is 0 Å². The molecule has 1 atom stereocenters. The van der Waals surface area contributed by atoms with Crippen LogP contribution in [0.15, 0.2) is 0 Å². The number of amides is 1. The van der Waals surface area contributed by atoms with Gasteiger partial charge in [0, 0.05) is 19.0 Å². The summed E-state index contributed by atoms with van der Waals surface area (Å²) in [5.41, 5.74) is 0. The lowest BCUT2D eigenvalue weighted by Crippen LogP contribution is -2.36. The Hall–Kier alpha value is -0.570. The zero-order chi connectivity index (χ0) is 10.4. The van der Waals surface area contributed by atoms with E-state index in [9.17, 15) is 9.90 Å². The average molecular weight is 209 g/mol. The molecule has 3 heteroatoms. The summed E-state index contributed by atoms with van der Waals surface area (Å²) >= 11 is 0. The predicted octanol–water partition coefficient (Wildman–Crippen LogP) is 1.02. The van der Waals surface area contributed by atoms with E-state index in [0.717, 1.165) is 13.0 Å². The molecule has 3 aliphatic rings. The van der Waals surface area contributed by atoms with E-state index in [-0.39, 0.29) is 6.10 Å². The summed E-state index contributed by atoms with van der Waals surface area (Å²) in [7, 11) is 0. The molecule has 1 N–H and O–H groups in total. The first-order chi connectivity index (χ1) is 7.25. The Morgan fingerprint density at radius 1 is 1.13 bits per heavy atom. The lowest BCUT2D eigenvalue weighted by atomic mass is 9.96. The van der Waals surface area contributed by atoms with Crippen LogP contribution in [-0.4, -0.2) is 35.1 Å². The number of aliphatic hydroxyl groups excluding tert-OH is 1. The fourth-order valence-corrected chi connectivity index (χ4v) is 2.85. The van der Waals surface area contributed by atoms with Crippen molar-refractivity contribution >= 4 is 5.91 Å². The van der Waals surface area contributed by atoms with Gasteiger partial charge in [0.25, 0.3) is 0 Å². The fourth-order valence-electron chi connectivity index (χ4n) is 2.85. The van der Waals surface area contributed by atoms with Crippen molar-refractivity contribution < 1.29 is 9.90 Å². The summed E-state index contributed by atoms with van der Waals surface area (Å²) in [6.45, 7) is 1.35. The maximum Gasteiger partial charge on any atom is 0.226 e. The minimum atomic E-state index is -0.270. The Kier molecular flexibility index (Phi) is 2.23. The molecule has 3 fully saturated rings. The van der Waals surface area contributed by atoms with Gasteiger partial charge in [0.2, 0.25) is 5.91 Å². The van der Waals surface area contributed by atoms with Crippen molar-refractivity contribution in [3.8, 4) is 0 Å². The van der Waals surface area contributed by atoms with Gasteiger partial charge in [-0.05, 0) is 43.9 Å². The molecule has 2 aliphatic carbocycles. The van der Waals surface area contributed by atoms with E-state index in [0.29, 0.717) is 30.2 Å². The first-order valence-corrected chi connectivity index (χ1v) is 6.22. The molecular weight excluding hydrogens is 190 g/mol. The Labute approximate surface area is 90.5 Å². The Balaban J connectivity index is 1.66. The first kappa shape index (κ1) is 9.64. The molecule has 84 valence electrons. The van der Waals surface area contributed by atoms with E-state index in [2.05, 4.69) is 0 Å². The van der Waals surface area contributed by atoms with Crippen molar-refractivity contribution in [3.63, 3.8) is 0 Å². The molecule has 0 unspecified atom stereocenters. The van der Waals surface area contributed by atoms with Gasteiger partial charge < -0.3 is 10.0 Å². The Bertz CT molecular complexity index is 259. The maximum absolute atomic E-state index is 12.3. The highest BCUT2D eigenvalue weighted by Crippen LogP contribution is 2.50. The van der Waals surface area contributed by atoms with Crippen molar-refractivity contribution in [2.75, 3.05) is 13.1 Å². The topological polar surface area (TPSA) is 40.5 Å². The van der Waals surface area contributed by atoms with Gasteiger partial charge in [0.05, 0.1) is 6.10 Å². The molecule has 0 aromatic rings. The van der Waals surface area contributed by atoms with Crippen LogP contribution in [0.3, 0.4) is 0 Å². The lowest BCUT2D eigenvalue weighted by molar-refractivity contribution is -0.136. The van der Waals surface area contributed by atoms with E-state index < -0.39 is 0 Å². The monoisotopic (exact) mass is 209 g/mol. The van der Waals surface area contributed by atoms with E-state index in [4.69, 9.17) is 0 Å². The highest BCUT2D eigenvalue weighted by molar-refractivity contribution is 5.80. The number of β-amino-alcohol motifs (C(OH)–C–C–N with tert-alkyl or cyclic N) is 1. The third-order valence-corrected chi connectivity index (χ3v) is 4.02. The van der Waals surface area contributed by atoms with Crippen molar-refractivity contribution in [1.29, 1.82) is 0 Å². The number of hydrogen-bond acceptors (Lipinski definition) is 2. The molecule has 0 radical (unpaired) electrons. The maximum atomic E-state index is 12.3. The molecule has 0 spiro atoms. The first-order valence-electron chi connectivity index (χ1n) is 6.22. The quantitative estimate of drug-likeness (QED) is 0.753. The zero-order valence-corrected chi connectivity index (χ0v) is 9.06. The molecule has 1 heterocycles. The van der Waals surface area contributed by atoms with Gasteiger partial charge >= 0.3 is 0 Å². The highest BCUT2D eigenvalue weighted by Gasteiger charge is 2.47. The van der Waals surface area contributed by atoms with Crippen LogP contribution < -0.4 is 0 Å². The van der Waals surface area contributed by atoms with Gasteiger partial charge in [0.1, 0.15) is 0 Å². The largest absolute Gasteiger partial charge is 0.391 e. The van der Waals surface area contributed by atoms with E-state index >= 15 is 0 Å². The Morgan fingerprint density at radius 3 is 2.13 bits per heavy atom. The van der Waals surface area contributed by atoms with Crippen LogP contribution in [0.2, 0.25) is 0 Å². The van der Waals surface area contributed by atoms with Crippen LogP contribution in [0.25, 0.3) is 0 Å². The number of likely N-dealkylation sites (tertiary alicyclic amines) is 1. The van der Waals surface area contributed by atoms with Gasteiger partial charge in [-0.1, -0.05) is 0 Å². The van der Waals surface area contributed by atoms with Gasteiger partial charge in [-0.15, -0.1) is 0 Å². The molecule has 3 nitrogen and oxygen atoms in total. The lowest BCUT2D eigenvalue weighted by Gasteiger charge is -2.22. The summed E-state index contributed by atoms with van der Waals surface area (Å²) in [6, 6.07) is 0. The fraction of sp³-hybridized carbons (Fsp3) is 0.917. The molecule has 2 saturated carbocycles. The number of nitrogens with zero attached hydrogens (tertiary/aromatic N) is 1. The molecule has 0 aromatic heterocycles. The summed E-state index contributed by atoms with van der Waals surface area (Å²) in [4.78, 5) is 14.2. The molecule has 0 bridgehead atoms. The van der Waals surface area contributed by atoms with Crippen LogP contribution in [-0.2, 0) is 4.79 Å². The number of hydrogen-bond donors (Lipinski definition) is 1. The molecule has 1 amide bonds. The predicted molar refractivity (Wildman–Crippen MR) is 56.1 cm³/mol. The Morgan fingerprint density at radius 2 is 1.73 bits per heavy atom. The highest BCUT2D eigenvalue weighted by atomic mass is 16.3. The SMILES string of the molecule is O=C(C(C1CC1)C1CC1)N1CC[C@H](O)C1. The van der Waals surface area contributed by atoms with Crippen LogP contribution in [0.4, 0.5) is 0 Å². The minimum absolute atomic E-state index is 0.270. The molecule has 15 heavy (non-hydrogen) atoms. The molecule has 1 saturated heterocycles. The van der Waals surface area contributed by atoms with Gasteiger partial charge in [0.15, 0.2) is 0 Å². The second-order valence-corrected chi connectivity index (χ2v) is 5.43. The molecule has 3 rings (SSSR count). The smallest absolute Gasteiger partial charge is 0.226 e. The van der Waals surface area contributed by atoms with Crippen molar-refractivity contribution in [3.05, 3.63) is 0 Å².